The molecule has 2 fully saturated rings. The van der Waals surface area contributed by atoms with Crippen LogP contribution in [-0.4, -0.2) is 54.9 Å². The highest BCUT2D eigenvalue weighted by atomic mass is 16.5. The van der Waals surface area contributed by atoms with Gasteiger partial charge in [-0.2, -0.15) is 0 Å². The predicted molar refractivity (Wildman–Crippen MR) is 78.3 cm³/mol. The van der Waals surface area contributed by atoms with Crippen molar-refractivity contribution in [3.8, 4) is 5.75 Å². The lowest BCUT2D eigenvalue weighted by molar-refractivity contribution is -0.152. The standard InChI is InChI=1S/C16H20N2O3/c1-11-6-13(4-5-14(11)21-3)15(20)18-9-16(10-18)7-17(8-16)12(2)19/h4-6H,7-10H2,1-3H3. The molecule has 0 aromatic heterocycles. The van der Waals surface area contributed by atoms with Crippen molar-refractivity contribution in [3.05, 3.63) is 29.3 Å². The Labute approximate surface area is 124 Å². The Balaban J connectivity index is 1.61. The minimum atomic E-state index is 0.0626. The van der Waals surface area contributed by atoms with E-state index in [1.54, 1.807) is 14.0 Å². The Hall–Kier alpha value is -2.04. The predicted octanol–water partition coefficient (Wildman–Crippen LogP) is 1.31. The van der Waals surface area contributed by atoms with E-state index in [1.165, 1.54) is 0 Å². The molecule has 112 valence electrons. The number of hydrogen-bond acceptors (Lipinski definition) is 3. The van der Waals surface area contributed by atoms with Gasteiger partial charge in [0.2, 0.25) is 5.91 Å². The number of hydrogen-bond donors (Lipinski definition) is 0. The van der Waals surface area contributed by atoms with E-state index in [4.69, 9.17) is 4.74 Å². The van der Waals surface area contributed by atoms with Gasteiger partial charge in [-0.15, -0.1) is 0 Å². The van der Waals surface area contributed by atoms with Gasteiger partial charge in [0.1, 0.15) is 5.75 Å². The van der Waals surface area contributed by atoms with E-state index in [-0.39, 0.29) is 17.2 Å². The van der Waals surface area contributed by atoms with E-state index in [0.29, 0.717) is 5.56 Å². The molecular formula is C16H20N2O3. The topological polar surface area (TPSA) is 49.9 Å². The summed E-state index contributed by atoms with van der Waals surface area (Å²) >= 11 is 0. The number of benzene rings is 1. The molecule has 2 saturated heterocycles. The molecule has 2 amide bonds. The van der Waals surface area contributed by atoms with E-state index >= 15 is 0 Å². The van der Waals surface area contributed by atoms with Gasteiger partial charge in [0.15, 0.2) is 0 Å². The Morgan fingerprint density at radius 2 is 1.76 bits per heavy atom. The molecular weight excluding hydrogens is 268 g/mol. The minimum absolute atomic E-state index is 0.0626. The highest BCUT2D eigenvalue weighted by molar-refractivity contribution is 5.95. The summed E-state index contributed by atoms with van der Waals surface area (Å²) in [4.78, 5) is 27.3. The van der Waals surface area contributed by atoms with Crippen molar-refractivity contribution in [3.63, 3.8) is 0 Å². The van der Waals surface area contributed by atoms with Crippen molar-refractivity contribution in [2.75, 3.05) is 33.3 Å². The van der Waals surface area contributed by atoms with Gasteiger partial charge in [-0.1, -0.05) is 0 Å². The normalized spacial score (nSPS) is 19.0. The van der Waals surface area contributed by atoms with Crippen LogP contribution >= 0.6 is 0 Å². The van der Waals surface area contributed by atoms with Crippen molar-refractivity contribution in [2.45, 2.75) is 13.8 Å². The molecule has 2 heterocycles. The van der Waals surface area contributed by atoms with Crippen LogP contribution in [0.4, 0.5) is 0 Å². The third kappa shape index (κ3) is 2.26. The molecule has 0 N–H and O–H groups in total. The highest BCUT2D eigenvalue weighted by Gasteiger charge is 2.53. The van der Waals surface area contributed by atoms with Gasteiger partial charge in [0.25, 0.3) is 5.91 Å². The van der Waals surface area contributed by atoms with Gasteiger partial charge < -0.3 is 14.5 Å². The zero-order valence-corrected chi connectivity index (χ0v) is 12.7. The Morgan fingerprint density at radius 3 is 2.29 bits per heavy atom. The molecule has 0 radical (unpaired) electrons. The second-order valence-electron chi connectivity index (χ2n) is 6.22. The number of methoxy groups -OCH3 is 1. The van der Waals surface area contributed by atoms with Gasteiger partial charge in [-0.3, -0.25) is 9.59 Å². The van der Waals surface area contributed by atoms with Crippen molar-refractivity contribution < 1.29 is 14.3 Å². The lowest BCUT2D eigenvalue weighted by atomic mass is 9.72. The molecule has 0 aliphatic carbocycles. The molecule has 21 heavy (non-hydrogen) atoms. The summed E-state index contributed by atoms with van der Waals surface area (Å²) in [6.07, 6.45) is 0. The summed E-state index contributed by atoms with van der Waals surface area (Å²) in [6.45, 7) is 6.60. The third-order valence-corrected chi connectivity index (χ3v) is 4.48. The summed E-state index contributed by atoms with van der Waals surface area (Å²) in [5.74, 6) is 0.978. The van der Waals surface area contributed by atoms with Crippen molar-refractivity contribution in [1.82, 2.24) is 9.80 Å². The van der Waals surface area contributed by atoms with Crippen LogP contribution in [0.3, 0.4) is 0 Å². The lowest BCUT2D eigenvalue weighted by Gasteiger charge is -2.60. The largest absolute Gasteiger partial charge is 0.496 e. The fourth-order valence-electron chi connectivity index (χ4n) is 3.29. The second kappa shape index (κ2) is 4.76. The number of aryl methyl sites for hydroxylation is 1. The summed E-state index contributed by atoms with van der Waals surface area (Å²) < 4.78 is 5.21. The molecule has 1 aromatic rings. The average Bonchev–Trinajstić information content (AvgIpc) is 2.34. The number of rotatable bonds is 2. The maximum Gasteiger partial charge on any atom is 0.253 e. The van der Waals surface area contributed by atoms with Gasteiger partial charge >= 0.3 is 0 Å². The van der Waals surface area contributed by atoms with Crippen LogP contribution in [0.5, 0.6) is 5.75 Å². The smallest absolute Gasteiger partial charge is 0.253 e. The molecule has 1 aromatic carbocycles. The molecule has 5 heteroatoms. The van der Waals surface area contributed by atoms with Crippen molar-refractivity contribution in [2.24, 2.45) is 5.41 Å². The van der Waals surface area contributed by atoms with E-state index in [2.05, 4.69) is 0 Å². The van der Waals surface area contributed by atoms with Crippen LogP contribution in [0.25, 0.3) is 0 Å². The molecule has 3 rings (SSSR count). The first-order chi connectivity index (χ1) is 9.94. The number of carbonyl (C=O) groups is 2. The fraction of sp³-hybridized carbons (Fsp3) is 0.500. The van der Waals surface area contributed by atoms with Crippen molar-refractivity contribution >= 4 is 11.8 Å². The second-order valence-corrected chi connectivity index (χ2v) is 6.22. The molecule has 0 saturated carbocycles. The van der Waals surface area contributed by atoms with Gasteiger partial charge in [0.05, 0.1) is 7.11 Å². The zero-order valence-electron chi connectivity index (χ0n) is 12.7. The Bertz CT molecular complexity index is 598. The van der Waals surface area contributed by atoms with E-state index < -0.39 is 0 Å². The Morgan fingerprint density at radius 1 is 1.14 bits per heavy atom. The molecule has 0 bridgehead atoms. The number of amides is 2. The van der Waals surface area contributed by atoms with Gasteiger partial charge in [-0.05, 0) is 30.7 Å². The monoisotopic (exact) mass is 288 g/mol. The molecule has 1 spiro atoms. The molecule has 2 aliphatic heterocycles. The molecule has 2 aliphatic rings. The first kappa shape index (κ1) is 13.9. The van der Waals surface area contributed by atoms with Gasteiger partial charge in [0, 0.05) is 44.1 Å². The first-order valence-electron chi connectivity index (χ1n) is 7.13. The number of likely N-dealkylation sites (tertiary alicyclic amines) is 2. The average molecular weight is 288 g/mol. The fourth-order valence-corrected chi connectivity index (χ4v) is 3.29. The number of nitrogens with zero attached hydrogens (tertiary/aromatic N) is 2. The number of ether oxygens (including phenoxy) is 1. The SMILES string of the molecule is COc1ccc(C(=O)N2CC3(CN(C(C)=O)C3)C2)cc1C. The summed E-state index contributed by atoms with van der Waals surface area (Å²) in [5.41, 5.74) is 1.82. The molecule has 5 nitrogen and oxygen atoms in total. The number of carbonyl (C=O) groups excluding carboxylic acids is 2. The third-order valence-electron chi connectivity index (χ3n) is 4.48. The van der Waals surface area contributed by atoms with Crippen LogP contribution < -0.4 is 4.74 Å². The van der Waals surface area contributed by atoms with Crippen LogP contribution in [0.15, 0.2) is 18.2 Å². The highest BCUT2D eigenvalue weighted by Crippen LogP contribution is 2.40. The maximum absolute atomic E-state index is 12.4. The van der Waals surface area contributed by atoms with Crippen LogP contribution in [-0.2, 0) is 4.79 Å². The van der Waals surface area contributed by atoms with E-state index in [0.717, 1.165) is 37.5 Å². The van der Waals surface area contributed by atoms with Gasteiger partial charge in [-0.25, -0.2) is 0 Å². The van der Waals surface area contributed by atoms with Crippen LogP contribution in [0, 0.1) is 12.3 Å². The quantitative estimate of drug-likeness (QED) is 0.824. The van der Waals surface area contributed by atoms with Crippen LogP contribution in [0.2, 0.25) is 0 Å². The van der Waals surface area contributed by atoms with E-state index in [1.807, 2.05) is 34.9 Å². The summed E-state index contributed by atoms with van der Waals surface area (Å²) in [6, 6.07) is 5.51. The summed E-state index contributed by atoms with van der Waals surface area (Å²) in [5, 5.41) is 0. The lowest BCUT2D eigenvalue weighted by Crippen LogP contribution is -2.73. The molecule has 0 unspecified atom stereocenters. The van der Waals surface area contributed by atoms with E-state index in [9.17, 15) is 9.59 Å². The maximum atomic E-state index is 12.4. The molecule has 0 atom stereocenters. The zero-order chi connectivity index (χ0) is 15.2. The van der Waals surface area contributed by atoms with Crippen molar-refractivity contribution in [1.29, 1.82) is 0 Å². The summed E-state index contributed by atoms with van der Waals surface area (Å²) in [7, 11) is 1.63. The first-order valence-corrected chi connectivity index (χ1v) is 7.13. The Kier molecular flexibility index (Phi) is 3.15. The minimum Gasteiger partial charge on any atom is -0.496 e. The van der Waals surface area contributed by atoms with Crippen LogP contribution in [0.1, 0.15) is 22.8 Å².